The Morgan fingerprint density at radius 2 is 1.51 bits per heavy atom. The largest absolute Gasteiger partial charge is 0.497 e. The first-order valence-electron chi connectivity index (χ1n) is 13.3. The lowest BCUT2D eigenvalue weighted by atomic mass is 9.79. The Bertz CT molecular complexity index is 2060. The topological polar surface area (TPSA) is 176 Å². The smallest absolute Gasteiger partial charge is 0.488 e. The van der Waals surface area contributed by atoms with E-state index in [0.29, 0.717) is 22.6 Å². The van der Waals surface area contributed by atoms with Crippen LogP contribution in [0, 0.1) is 11.8 Å². The van der Waals surface area contributed by atoms with Crippen molar-refractivity contribution in [2.24, 2.45) is 10.2 Å². The average molecular weight is 602 g/mol. The van der Waals surface area contributed by atoms with Crippen LogP contribution in [0.4, 0.5) is 0 Å². The van der Waals surface area contributed by atoms with Crippen molar-refractivity contribution in [3.63, 3.8) is 0 Å². The number of carbonyl (C=O) groups excluding carboxylic acids is 2. The molecule has 0 radical (unpaired) electrons. The number of ether oxygens (including phenoxy) is 1. The molecule has 3 aromatic carbocycles. The molecule has 2 heterocycles. The van der Waals surface area contributed by atoms with E-state index in [2.05, 4.69) is 32.9 Å². The molecule has 2 amide bonds. The zero-order chi connectivity index (χ0) is 31.8. The van der Waals surface area contributed by atoms with E-state index in [9.17, 15) is 24.4 Å². The van der Waals surface area contributed by atoms with E-state index >= 15 is 0 Å². The third-order valence-corrected chi connectivity index (χ3v) is 6.15. The molecule has 0 fully saturated rings. The highest BCUT2D eigenvalue weighted by atomic mass is 16.5. The second-order valence-corrected chi connectivity index (χ2v) is 9.32. The van der Waals surface area contributed by atoms with Crippen LogP contribution in [-0.2, 0) is 0 Å². The number of hydrogen-bond acceptors (Lipinski definition) is 10. The molecule has 5 aromatic rings. The number of rotatable bonds is 8. The number of hydrogen-bond donors (Lipinski definition) is 4. The van der Waals surface area contributed by atoms with E-state index in [1.54, 1.807) is 18.2 Å². The van der Waals surface area contributed by atoms with Crippen LogP contribution in [0.1, 0.15) is 43.6 Å². The van der Waals surface area contributed by atoms with Crippen molar-refractivity contribution in [1.82, 2.24) is 10.9 Å². The van der Waals surface area contributed by atoms with Gasteiger partial charge in [0.2, 0.25) is 0 Å². The molecule has 0 bridgehead atoms. The Morgan fingerprint density at radius 3 is 2.18 bits per heavy atom. The van der Waals surface area contributed by atoms with Gasteiger partial charge in [-0.15, -0.1) is 0 Å². The van der Waals surface area contributed by atoms with Crippen LogP contribution in [0.5, 0.6) is 5.75 Å². The number of fused-ring (bicyclic) bond motifs is 1. The van der Waals surface area contributed by atoms with Crippen molar-refractivity contribution in [3.05, 3.63) is 129 Å². The highest BCUT2D eigenvalue weighted by Gasteiger charge is 2.15. The number of methoxy groups -OCH3 is 1. The quantitative estimate of drug-likeness (QED) is 0.0903. The summed E-state index contributed by atoms with van der Waals surface area (Å²) in [7, 11) is -0.361. The van der Waals surface area contributed by atoms with Gasteiger partial charge in [-0.2, -0.15) is 10.2 Å². The standard InChI is InChI=1S/C32H23BN4O8/c1-43-25-9-11-26-27(38)17-30(45-29(26)16-25)32(40)37-35-19-22-13-21(14-23(15-22)33(41)42)18-34-36-31(39)28-12-10-24(44-28)8-7-20-5-3-2-4-6-20/h2-6,9-19,41-42H,1H3,(H,36,39)(H,37,40)/b34-18+,35-19+. The summed E-state index contributed by atoms with van der Waals surface area (Å²) >= 11 is 0. The summed E-state index contributed by atoms with van der Waals surface area (Å²) in [6.45, 7) is 0. The fourth-order valence-corrected chi connectivity index (χ4v) is 4.00. The molecular weight excluding hydrogens is 579 g/mol. The summed E-state index contributed by atoms with van der Waals surface area (Å²) in [6.07, 6.45) is 2.51. The van der Waals surface area contributed by atoms with Gasteiger partial charge in [0.1, 0.15) is 11.3 Å². The van der Waals surface area contributed by atoms with Crippen LogP contribution in [0.2, 0.25) is 0 Å². The third-order valence-electron chi connectivity index (χ3n) is 6.15. The lowest BCUT2D eigenvalue weighted by molar-refractivity contribution is 0.0920. The van der Waals surface area contributed by atoms with Gasteiger partial charge in [0.25, 0.3) is 0 Å². The molecule has 12 nitrogen and oxygen atoms in total. The number of benzene rings is 3. The Kier molecular flexibility index (Phi) is 9.29. The summed E-state index contributed by atoms with van der Waals surface area (Å²) in [5.74, 6) is 4.84. The van der Waals surface area contributed by atoms with E-state index in [4.69, 9.17) is 13.6 Å². The highest BCUT2D eigenvalue weighted by molar-refractivity contribution is 6.58. The molecule has 2 aromatic heterocycles. The van der Waals surface area contributed by atoms with Crippen LogP contribution >= 0.6 is 0 Å². The molecule has 0 aliphatic carbocycles. The maximum absolute atomic E-state index is 12.6. The molecule has 4 N–H and O–H groups in total. The monoisotopic (exact) mass is 602 g/mol. The molecule has 0 spiro atoms. The minimum absolute atomic E-state index is 0.00556. The van der Waals surface area contributed by atoms with Crippen LogP contribution in [0.25, 0.3) is 11.0 Å². The van der Waals surface area contributed by atoms with Crippen molar-refractivity contribution in [2.75, 3.05) is 7.11 Å². The lowest BCUT2D eigenvalue weighted by Gasteiger charge is -2.05. The minimum atomic E-state index is -1.82. The fraction of sp³-hybridized carbons (Fsp3) is 0.0312. The zero-order valence-corrected chi connectivity index (χ0v) is 23.6. The summed E-state index contributed by atoms with van der Waals surface area (Å²) in [5.41, 5.74) is 5.96. The minimum Gasteiger partial charge on any atom is -0.497 e. The number of carbonyl (C=O) groups is 2. The van der Waals surface area contributed by atoms with E-state index in [0.717, 1.165) is 11.6 Å². The number of nitrogens with zero attached hydrogens (tertiary/aromatic N) is 2. The van der Waals surface area contributed by atoms with Gasteiger partial charge in [0, 0.05) is 17.7 Å². The van der Waals surface area contributed by atoms with Gasteiger partial charge in [-0.25, -0.2) is 10.9 Å². The van der Waals surface area contributed by atoms with Gasteiger partial charge in [0.15, 0.2) is 22.7 Å². The first-order valence-corrected chi connectivity index (χ1v) is 13.3. The lowest BCUT2D eigenvalue weighted by Crippen LogP contribution is -2.30. The zero-order valence-electron chi connectivity index (χ0n) is 23.6. The van der Waals surface area contributed by atoms with E-state index in [1.807, 2.05) is 30.3 Å². The molecule has 0 unspecified atom stereocenters. The van der Waals surface area contributed by atoms with Crippen molar-refractivity contribution in [1.29, 1.82) is 0 Å². The van der Waals surface area contributed by atoms with Gasteiger partial charge >= 0.3 is 18.9 Å². The Labute approximate surface area is 255 Å². The summed E-state index contributed by atoms with van der Waals surface area (Å²) in [4.78, 5) is 37.5. The van der Waals surface area contributed by atoms with Gasteiger partial charge in [-0.3, -0.25) is 14.4 Å². The molecule has 0 aliphatic rings. The summed E-state index contributed by atoms with van der Waals surface area (Å²) in [6, 6.07) is 22.4. The molecule has 0 saturated heterocycles. The number of furan rings is 1. The number of amides is 2. The van der Waals surface area contributed by atoms with Crippen molar-refractivity contribution in [3.8, 4) is 17.6 Å². The third kappa shape index (κ3) is 7.79. The SMILES string of the molecule is COc1ccc2c(=O)cc(C(=O)N/N=C/c3cc(/C=N/NC(=O)c4ccc(C#Cc5ccccc5)o4)cc(B(O)O)c3)oc2c1. The number of nitrogens with one attached hydrogen (secondary N) is 2. The van der Waals surface area contributed by atoms with Crippen molar-refractivity contribution in [2.45, 2.75) is 0 Å². The van der Waals surface area contributed by atoms with Crippen molar-refractivity contribution < 1.29 is 33.2 Å². The molecule has 0 saturated carbocycles. The van der Waals surface area contributed by atoms with Gasteiger partial charge in [0.05, 0.1) is 24.9 Å². The Morgan fingerprint density at radius 1 is 0.822 bits per heavy atom. The van der Waals surface area contributed by atoms with E-state index in [1.165, 1.54) is 49.9 Å². The molecule has 0 aliphatic heterocycles. The van der Waals surface area contributed by atoms with Gasteiger partial charge < -0.3 is 23.6 Å². The van der Waals surface area contributed by atoms with Gasteiger partial charge in [-0.1, -0.05) is 36.3 Å². The number of hydrazone groups is 2. The molecule has 222 valence electrons. The Hall–Kier alpha value is -6.23. The normalized spacial score (nSPS) is 10.9. The van der Waals surface area contributed by atoms with Crippen LogP contribution in [0.3, 0.4) is 0 Å². The Balaban J connectivity index is 1.25. The van der Waals surface area contributed by atoms with Crippen LogP contribution in [-0.4, -0.2) is 48.5 Å². The second-order valence-electron chi connectivity index (χ2n) is 9.32. The maximum atomic E-state index is 12.6. The first kappa shape index (κ1) is 30.2. The second kappa shape index (κ2) is 13.8. The fourth-order valence-electron chi connectivity index (χ4n) is 4.00. The van der Waals surface area contributed by atoms with Gasteiger partial charge in [-0.05, 0) is 65.0 Å². The first-order chi connectivity index (χ1) is 21.8. The summed E-state index contributed by atoms with van der Waals surface area (Å²) in [5, 5.41) is 27.5. The molecule has 45 heavy (non-hydrogen) atoms. The molecule has 5 rings (SSSR count). The molecule has 0 atom stereocenters. The average Bonchev–Trinajstić information content (AvgIpc) is 3.53. The molecular formula is C32H23BN4O8. The van der Waals surface area contributed by atoms with E-state index in [-0.39, 0.29) is 28.0 Å². The van der Waals surface area contributed by atoms with Crippen molar-refractivity contribution >= 4 is 47.8 Å². The predicted octanol–water partition coefficient (Wildman–Crippen LogP) is 2.00. The highest BCUT2D eigenvalue weighted by Crippen LogP contribution is 2.19. The summed E-state index contributed by atoms with van der Waals surface area (Å²) < 4.78 is 16.1. The maximum Gasteiger partial charge on any atom is 0.488 e. The van der Waals surface area contributed by atoms with Crippen LogP contribution < -0.4 is 26.5 Å². The van der Waals surface area contributed by atoms with E-state index < -0.39 is 24.4 Å². The van der Waals surface area contributed by atoms with Crippen LogP contribution in [0.15, 0.2) is 109 Å². The predicted molar refractivity (Wildman–Crippen MR) is 167 cm³/mol. The molecule has 13 heteroatoms.